The highest BCUT2D eigenvalue weighted by molar-refractivity contribution is 7.14. The van der Waals surface area contributed by atoms with Crippen LogP contribution in [0.4, 0.5) is 0 Å². The van der Waals surface area contributed by atoms with E-state index < -0.39 is 0 Å². The number of hydrogen-bond donors (Lipinski definition) is 1. The van der Waals surface area contributed by atoms with Crippen LogP contribution in [0.1, 0.15) is 38.5 Å². The van der Waals surface area contributed by atoms with Crippen LogP contribution in [0.25, 0.3) is 0 Å². The van der Waals surface area contributed by atoms with E-state index in [1.807, 2.05) is 18.2 Å². The fourth-order valence-corrected chi connectivity index (χ4v) is 4.24. The van der Waals surface area contributed by atoms with Crippen molar-refractivity contribution in [2.24, 2.45) is 0 Å². The number of fused-ring (bicyclic) bond motifs is 2. The van der Waals surface area contributed by atoms with Gasteiger partial charge in [-0.05, 0) is 55.0 Å². The first-order valence-electron chi connectivity index (χ1n) is 8.08. The van der Waals surface area contributed by atoms with E-state index in [1.165, 1.54) is 23.3 Å². The first kappa shape index (κ1) is 14.6. The molecule has 2 heterocycles. The van der Waals surface area contributed by atoms with Crippen LogP contribution in [0.5, 0.6) is 11.5 Å². The predicted octanol–water partition coefficient (Wildman–Crippen LogP) is 3.33. The van der Waals surface area contributed by atoms with Crippen molar-refractivity contribution in [3.05, 3.63) is 45.1 Å². The summed E-state index contributed by atoms with van der Waals surface area (Å²) in [4.78, 5) is 14.6. The molecule has 23 heavy (non-hydrogen) atoms. The zero-order chi connectivity index (χ0) is 15.6. The molecule has 4 nitrogen and oxygen atoms in total. The monoisotopic (exact) mass is 329 g/mol. The Kier molecular flexibility index (Phi) is 3.95. The molecule has 1 aliphatic heterocycles. The van der Waals surface area contributed by atoms with Crippen LogP contribution in [-0.2, 0) is 19.4 Å². The van der Waals surface area contributed by atoms with Gasteiger partial charge in [0.25, 0.3) is 5.91 Å². The topological polar surface area (TPSA) is 47.6 Å². The van der Waals surface area contributed by atoms with Crippen LogP contribution < -0.4 is 14.8 Å². The zero-order valence-corrected chi connectivity index (χ0v) is 13.7. The Balaban J connectivity index is 1.42. The van der Waals surface area contributed by atoms with Gasteiger partial charge in [-0.25, -0.2) is 0 Å². The summed E-state index contributed by atoms with van der Waals surface area (Å²) in [5, 5.41) is 3.01. The molecule has 0 saturated heterocycles. The second kappa shape index (κ2) is 6.24. The number of rotatable bonds is 3. The average Bonchev–Trinajstić information content (AvgIpc) is 3.04. The molecule has 1 N–H and O–H groups in total. The smallest absolute Gasteiger partial charge is 0.261 e. The number of carbonyl (C=O) groups is 1. The van der Waals surface area contributed by atoms with E-state index >= 15 is 0 Å². The van der Waals surface area contributed by atoms with E-state index in [0.717, 1.165) is 34.8 Å². The molecule has 0 unspecified atom stereocenters. The molecule has 1 amide bonds. The molecule has 1 aliphatic carbocycles. The molecule has 1 aromatic carbocycles. The van der Waals surface area contributed by atoms with Gasteiger partial charge < -0.3 is 14.8 Å². The number of thiophene rings is 1. The molecule has 0 saturated carbocycles. The Hall–Kier alpha value is -2.01. The van der Waals surface area contributed by atoms with Crippen molar-refractivity contribution in [3.8, 4) is 11.5 Å². The van der Waals surface area contributed by atoms with Crippen molar-refractivity contribution >= 4 is 17.2 Å². The third-order valence-corrected chi connectivity index (χ3v) is 5.52. The molecule has 1 aromatic heterocycles. The summed E-state index contributed by atoms with van der Waals surface area (Å²) in [5.41, 5.74) is 2.38. The Labute approximate surface area is 139 Å². The molecule has 0 spiro atoms. The summed E-state index contributed by atoms with van der Waals surface area (Å²) in [5.74, 6) is 1.55. The van der Waals surface area contributed by atoms with Gasteiger partial charge in [0.05, 0.1) is 4.88 Å². The molecule has 0 atom stereocenters. The van der Waals surface area contributed by atoms with Crippen LogP contribution in [-0.4, -0.2) is 19.1 Å². The van der Waals surface area contributed by atoms with E-state index in [2.05, 4.69) is 11.4 Å². The number of amides is 1. The van der Waals surface area contributed by atoms with Crippen molar-refractivity contribution in [2.45, 2.75) is 32.2 Å². The SMILES string of the molecule is O=C(NCc1ccc2c(c1)OCCO2)c1cc2c(s1)CCCC2. The van der Waals surface area contributed by atoms with Crippen molar-refractivity contribution in [1.29, 1.82) is 0 Å². The average molecular weight is 329 g/mol. The van der Waals surface area contributed by atoms with Gasteiger partial charge in [0.1, 0.15) is 13.2 Å². The Morgan fingerprint density at radius 2 is 1.91 bits per heavy atom. The highest BCUT2D eigenvalue weighted by Gasteiger charge is 2.17. The van der Waals surface area contributed by atoms with Crippen molar-refractivity contribution in [3.63, 3.8) is 0 Å². The van der Waals surface area contributed by atoms with Crippen LogP contribution >= 0.6 is 11.3 Å². The lowest BCUT2D eigenvalue weighted by Crippen LogP contribution is -2.22. The van der Waals surface area contributed by atoms with Gasteiger partial charge in [-0.3, -0.25) is 4.79 Å². The maximum absolute atomic E-state index is 12.4. The summed E-state index contributed by atoms with van der Waals surface area (Å²) >= 11 is 1.64. The third-order valence-electron chi connectivity index (χ3n) is 4.28. The first-order chi connectivity index (χ1) is 11.3. The van der Waals surface area contributed by atoms with Crippen molar-refractivity contribution in [1.82, 2.24) is 5.32 Å². The van der Waals surface area contributed by atoms with Crippen LogP contribution in [0, 0.1) is 0 Å². The number of nitrogens with one attached hydrogen (secondary N) is 1. The zero-order valence-electron chi connectivity index (χ0n) is 12.9. The second-order valence-corrected chi connectivity index (χ2v) is 7.06. The van der Waals surface area contributed by atoms with Crippen molar-refractivity contribution < 1.29 is 14.3 Å². The minimum atomic E-state index is 0.0132. The summed E-state index contributed by atoms with van der Waals surface area (Å²) in [6, 6.07) is 7.87. The van der Waals surface area contributed by atoms with Gasteiger partial charge in [0, 0.05) is 11.4 Å². The third kappa shape index (κ3) is 3.06. The summed E-state index contributed by atoms with van der Waals surface area (Å²) < 4.78 is 11.1. The van der Waals surface area contributed by atoms with Gasteiger partial charge in [-0.2, -0.15) is 0 Å². The number of hydrogen-bond acceptors (Lipinski definition) is 4. The van der Waals surface area contributed by atoms with Gasteiger partial charge in [-0.1, -0.05) is 6.07 Å². The fourth-order valence-electron chi connectivity index (χ4n) is 3.07. The van der Waals surface area contributed by atoms with E-state index in [4.69, 9.17) is 9.47 Å². The Morgan fingerprint density at radius 3 is 2.78 bits per heavy atom. The van der Waals surface area contributed by atoms with E-state index in [0.29, 0.717) is 19.8 Å². The lowest BCUT2D eigenvalue weighted by molar-refractivity contribution is 0.0955. The molecule has 0 radical (unpaired) electrons. The Morgan fingerprint density at radius 1 is 1.09 bits per heavy atom. The lowest BCUT2D eigenvalue weighted by Gasteiger charge is -2.18. The van der Waals surface area contributed by atoms with Gasteiger partial charge in [-0.15, -0.1) is 11.3 Å². The number of benzene rings is 1. The normalized spacial score (nSPS) is 15.8. The van der Waals surface area contributed by atoms with Gasteiger partial charge in [0.15, 0.2) is 11.5 Å². The molecular formula is C18H19NO3S. The van der Waals surface area contributed by atoms with Crippen LogP contribution in [0.2, 0.25) is 0 Å². The number of aryl methyl sites for hydroxylation is 2. The predicted molar refractivity (Wildman–Crippen MR) is 89.6 cm³/mol. The van der Waals surface area contributed by atoms with E-state index in [-0.39, 0.29) is 5.91 Å². The molecular weight excluding hydrogens is 310 g/mol. The van der Waals surface area contributed by atoms with Crippen molar-refractivity contribution in [2.75, 3.05) is 13.2 Å². The molecule has 4 rings (SSSR count). The first-order valence-corrected chi connectivity index (χ1v) is 8.89. The molecule has 0 bridgehead atoms. The summed E-state index contributed by atoms with van der Waals surface area (Å²) in [7, 11) is 0. The molecule has 2 aromatic rings. The van der Waals surface area contributed by atoms with Gasteiger partial charge >= 0.3 is 0 Å². The Bertz CT molecular complexity index is 714. The number of carbonyl (C=O) groups excluding carboxylic acids is 1. The minimum Gasteiger partial charge on any atom is -0.486 e. The quantitative estimate of drug-likeness (QED) is 0.939. The highest BCUT2D eigenvalue weighted by atomic mass is 32.1. The molecule has 120 valence electrons. The highest BCUT2D eigenvalue weighted by Crippen LogP contribution is 2.31. The maximum atomic E-state index is 12.4. The van der Waals surface area contributed by atoms with E-state index in [9.17, 15) is 4.79 Å². The van der Waals surface area contributed by atoms with Gasteiger partial charge in [0.2, 0.25) is 0 Å². The largest absolute Gasteiger partial charge is 0.486 e. The fraction of sp³-hybridized carbons (Fsp3) is 0.389. The standard InChI is InChI=1S/C18H19NO3S/c20-18(17-10-13-3-1-2-4-16(13)23-17)19-11-12-5-6-14-15(9-12)22-8-7-21-14/h5-6,9-10H,1-4,7-8,11H2,(H,19,20). The van der Waals surface area contributed by atoms with Crippen LogP contribution in [0.15, 0.2) is 24.3 Å². The number of ether oxygens (including phenoxy) is 2. The lowest BCUT2D eigenvalue weighted by atomic mass is 9.99. The molecule has 0 fully saturated rings. The molecule has 2 aliphatic rings. The van der Waals surface area contributed by atoms with Crippen LogP contribution in [0.3, 0.4) is 0 Å². The molecule has 5 heteroatoms. The maximum Gasteiger partial charge on any atom is 0.261 e. The van der Waals surface area contributed by atoms with E-state index in [1.54, 1.807) is 11.3 Å². The summed E-state index contributed by atoms with van der Waals surface area (Å²) in [6.45, 7) is 1.66. The summed E-state index contributed by atoms with van der Waals surface area (Å²) in [6.07, 6.45) is 4.71. The minimum absolute atomic E-state index is 0.0132. The second-order valence-electron chi connectivity index (χ2n) is 5.93.